The molecule has 1 aliphatic heterocycles. The fraction of sp³-hybridized carbons (Fsp3) is 0.714. The zero-order valence-corrected chi connectivity index (χ0v) is 13.7. The summed E-state index contributed by atoms with van der Waals surface area (Å²) in [6.07, 6.45) is 4.44. The Morgan fingerprint density at radius 1 is 1.36 bits per heavy atom. The zero-order valence-electron chi connectivity index (χ0n) is 12.9. The first kappa shape index (κ1) is 15.5. The van der Waals surface area contributed by atoms with E-state index in [4.69, 9.17) is 0 Å². The summed E-state index contributed by atoms with van der Waals surface area (Å²) in [5, 5.41) is 3.89. The molecule has 122 valence electrons. The maximum atomic E-state index is 12.6. The van der Waals surface area contributed by atoms with Gasteiger partial charge >= 0.3 is 0 Å². The number of piperidine rings is 1. The predicted octanol–water partition coefficient (Wildman–Crippen LogP) is 0.633. The summed E-state index contributed by atoms with van der Waals surface area (Å²) < 4.78 is 28.9. The van der Waals surface area contributed by atoms with E-state index < -0.39 is 16.1 Å². The highest BCUT2D eigenvalue weighted by Crippen LogP contribution is 2.32. The Morgan fingerprint density at radius 2 is 2.09 bits per heavy atom. The Morgan fingerprint density at radius 3 is 2.68 bits per heavy atom. The largest absolute Gasteiger partial charge is 0.294 e. The summed E-state index contributed by atoms with van der Waals surface area (Å²) in [6, 6.07) is 1.10. The summed E-state index contributed by atoms with van der Waals surface area (Å²) in [7, 11) is -1.62. The minimum absolute atomic E-state index is 0.208. The van der Waals surface area contributed by atoms with Gasteiger partial charge in [-0.25, -0.2) is 13.1 Å². The molecule has 1 atom stereocenters. The van der Waals surface area contributed by atoms with Crippen molar-refractivity contribution >= 4 is 21.7 Å². The second-order valence-corrected chi connectivity index (χ2v) is 8.39. The average molecular weight is 326 g/mol. The minimum atomic E-state index is -3.41. The standard InChI is InChI=1S/C14H22N4O3S/c1-10-8-11(9-10)22(20,21)16-12-4-3-6-18(14(12)19)13-5-7-17(2)15-13/h5,7,10-12,16H,3-4,6,8-9H2,1-2H3. The molecule has 0 radical (unpaired) electrons. The van der Waals surface area contributed by atoms with Gasteiger partial charge in [0.2, 0.25) is 15.9 Å². The zero-order chi connectivity index (χ0) is 15.9. The molecule has 1 aromatic heterocycles. The summed E-state index contributed by atoms with van der Waals surface area (Å²) in [5.74, 6) is 0.822. The first-order valence-corrected chi connectivity index (χ1v) is 9.23. The first-order valence-electron chi connectivity index (χ1n) is 7.69. The van der Waals surface area contributed by atoms with Crippen molar-refractivity contribution in [3.63, 3.8) is 0 Å². The molecule has 1 saturated carbocycles. The van der Waals surface area contributed by atoms with Gasteiger partial charge in [0.05, 0.1) is 5.25 Å². The molecule has 2 heterocycles. The summed E-state index contributed by atoms with van der Waals surface area (Å²) >= 11 is 0. The van der Waals surface area contributed by atoms with Crippen LogP contribution in [0, 0.1) is 5.92 Å². The van der Waals surface area contributed by atoms with Crippen LogP contribution in [0.5, 0.6) is 0 Å². The smallest absolute Gasteiger partial charge is 0.246 e. The highest BCUT2D eigenvalue weighted by atomic mass is 32.2. The molecule has 2 aliphatic rings. The van der Waals surface area contributed by atoms with Crippen molar-refractivity contribution in [3.8, 4) is 0 Å². The van der Waals surface area contributed by atoms with Crippen LogP contribution in [0.1, 0.15) is 32.6 Å². The molecule has 2 fully saturated rings. The Bertz CT molecular complexity index is 663. The number of carbonyl (C=O) groups is 1. The average Bonchev–Trinajstić information content (AvgIpc) is 2.84. The van der Waals surface area contributed by atoms with Gasteiger partial charge in [-0.15, -0.1) is 0 Å². The summed E-state index contributed by atoms with van der Waals surface area (Å²) in [5.41, 5.74) is 0. The molecule has 1 amide bonds. The number of nitrogens with zero attached hydrogens (tertiary/aromatic N) is 3. The second kappa shape index (κ2) is 5.66. The molecule has 3 rings (SSSR count). The van der Waals surface area contributed by atoms with Gasteiger partial charge in [0.1, 0.15) is 6.04 Å². The van der Waals surface area contributed by atoms with Crippen LogP contribution in [0.3, 0.4) is 0 Å². The molecule has 1 aromatic rings. The van der Waals surface area contributed by atoms with Crippen molar-refractivity contribution in [3.05, 3.63) is 12.3 Å². The Hall–Kier alpha value is -1.41. The van der Waals surface area contributed by atoms with Crippen LogP contribution in [0.4, 0.5) is 5.82 Å². The Kier molecular flexibility index (Phi) is 3.98. The predicted molar refractivity (Wildman–Crippen MR) is 82.8 cm³/mol. The number of sulfonamides is 1. The van der Waals surface area contributed by atoms with Crippen LogP contribution < -0.4 is 9.62 Å². The molecule has 0 aromatic carbocycles. The highest BCUT2D eigenvalue weighted by molar-refractivity contribution is 7.90. The third-order valence-corrected chi connectivity index (χ3v) is 6.37. The number of amides is 1. The van der Waals surface area contributed by atoms with Crippen LogP contribution in [0.2, 0.25) is 0 Å². The number of carbonyl (C=O) groups excluding carboxylic acids is 1. The molecule has 0 spiro atoms. The van der Waals surface area contributed by atoms with E-state index in [1.165, 1.54) is 0 Å². The van der Waals surface area contributed by atoms with Gasteiger partial charge in [-0.05, 0) is 31.6 Å². The third-order valence-electron chi connectivity index (χ3n) is 4.49. The van der Waals surface area contributed by atoms with Crippen molar-refractivity contribution in [1.29, 1.82) is 0 Å². The molecule has 22 heavy (non-hydrogen) atoms. The SMILES string of the molecule is CC1CC(S(=O)(=O)NC2CCCN(c3ccn(C)n3)C2=O)C1. The quantitative estimate of drug-likeness (QED) is 0.880. The minimum Gasteiger partial charge on any atom is -0.294 e. The maximum absolute atomic E-state index is 12.6. The van der Waals surface area contributed by atoms with Gasteiger partial charge in [0.15, 0.2) is 5.82 Å². The van der Waals surface area contributed by atoms with Crippen molar-refractivity contribution in [2.75, 3.05) is 11.4 Å². The molecule has 1 aliphatic carbocycles. The van der Waals surface area contributed by atoms with E-state index in [-0.39, 0.29) is 11.2 Å². The molecular formula is C14H22N4O3S. The molecule has 1 unspecified atom stereocenters. The number of rotatable bonds is 4. The lowest BCUT2D eigenvalue weighted by atomic mass is 9.87. The lowest BCUT2D eigenvalue weighted by molar-refractivity contribution is -0.121. The fourth-order valence-corrected chi connectivity index (χ4v) is 5.11. The van der Waals surface area contributed by atoms with Gasteiger partial charge in [-0.3, -0.25) is 14.4 Å². The highest BCUT2D eigenvalue weighted by Gasteiger charge is 2.40. The van der Waals surface area contributed by atoms with Crippen LogP contribution in [-0.4, -0.2) is 41.9 Å². The van der Waals surface area contributed by atoms with E-state index in [2.05, 4.69) is 9.82 Å². The third kappa shape index (κ3) is 2.89. The topological polar surface area (TPSA) is 84.3 Å². The van der Waals surface area contributed by atoms with Crippen molar-refractivity contribution in [2.24, 2.45) is 13.0 Å². The maximum Gasteiger partial charge on any atom is 0.246 e. The van der Waals surface area contributed by atoms with E-state index in [1.807, 2.05) is 6.92 Å². The van der Waals surface area contributed by atoms with Crippen LogP contribution in [-0.2, 0) is 21.9 Å². The fourth-order valence-electron chi connectivity index (χ4n) is 3.14. The summed E-state index contributed by atoms with van der Waals surface area (Å²) in [6.45, 7) is 2.62. The number of anilines is 1. The van der Waals surface area contributed by atoms with Crippen LogP contribution >= 0.6 is 0 Å². The van der Waals surface area contributed by atoms with Crippen molar-refractivity contribution in [2.45, 2.75) is 43.9 Å². The van der Waals surface area contributed by atoms with E-state index in [0.717, 1.165) is 6.42 Å². The number of hydrogen-bond donors (Lipinski definition) is 1. The van der Waals surface area contributed by atoms with Crippen LogP contribution in [0.25, 0.3) is 0 Å². The van der Waals surface area contributed by atoms with E-state index in [0.29, 0.717) is 37.5 Å². The Labute approximate surface area is 130 Å². The van der Waals surface area contributed by atoms with Gasteiger partial charge in [0.25, 0.3) is 0 Å². The van der Waals surface area contributed by atoms with Gasteiger partial charge < -0.3 is 0 Å². The molecule has 1 N–H and O–H groups in total. The van der Waals surface area contributed by atoms with Crippen molar-refractivity contribution < 1.29 is 13.2 Å². The number of nitrogens with one attached hydrogen (secondary N) is 1. The normalized spacial score (nSPS) is 29.5. The number of aromatic nitrogens is 2. The Balaban J connectivity index is 1.70. The molecule has 7 nitrogen and oxygen atoms in total. The molecule has 1 saturated heterocycles. The molecule has 8 heteroatoms. The number of hydrogen-bond acceptors (Lipinski definition) is 4. The van der Waals surface area contributed by atoms with Crippen LogP contribution in [0.15, 0.2) is 12.3 Å². The first-order chi connectivity index (χ1) is 10.4. The van der Waals surface area contributed by atoms with E-state index in [1.54, 1.807) is 28.9 Å². The lowest BCUT2D eigenvalue weighted by Crippen LogP contribution is -2.55. The number of aryl methyl sites for hydroxylation is 1. The van der Waals surface area contributed by atoms with Crippen molar-refractivity contribution in [1.82, 2.24) is 14.5 Å². The summed E-state index contributed by atoms with van der Waals surface area (Å²) in [4.78, 5) is 14.1. The second-order valence-electron chi connectivity index (χ2n) is 6.39. The van der Waals surface area contributed by atoms with Gasteiger partial charge in [-0.2, -0.15) is 5.10 Å². The lowest BCUT2D eigenvalue weighted by Gasteiger charge is -2.35. The monoisotopic (exact) mass is 326 g/mol. The van der Waals surface area contributed by atoms with Gasteiger partial charge in [-0.1, -0.05) is 6.92 Å². The van der Waals surface area contributed by atoms with E-state index >= 15 is 0 Å². The van der Waals surface area contributed by atoms with Gasteiger partial charge in [0, 0.05) is 25.9 Å². The molecule has 0 bridgehead atoms. The van der Waals surface area contributed by atoms with E-state index in [9.17, 15) is 13.2 Å². The molecular weight excluding hydrogens is 304 g/mol.